The topological polar surface area (TPSA) is 75.7 Å². The van der Waals surface area contributed by atoms with Crippen LogP contribution in [0, 0.1) is 11.8 Å². The van der Waals surface area contributed by atoms with Crippen molar-refractivity contribution in [2.75, 3.05) is 4.90 Å². The second-order valence-corrected chi connectivity index (χ2v) is 11.0. The molecule has 7 heteroatoms. The van der Waals surface area contributed by atoms with E-state index < -0.39 is 0 Å². The van der Waals surface area contributed by atoms with E-state index in [2.05, 4.69) is 5.32 Å². The fourth-order valence-corrected chi connectivity index (χ4v) is 7.93. The molecule has 1 N–H and O–H groups in total. The minimum atomic E-state index is -0.359. The summed E-state index contributed by atoms with van der Waals surface area (Å²) in [6, 6.07) is 0.198. The number of fused-ring (bicyclic) bond motifs is 6. The predicted molar refractivity (Wildman–Crippen MR) is 117 cm³/mol. The maximum absolute atomic E-state index is 13.6. The zero-order chi connectivity index (χ0) is 21.1. The van der Waals surface area contributed by atoms with E-state index in [0.717, 1.165) is 76.2 Å². The van der Waals surface area contributed by atoms with Crippen molar-refractivity contribution in [3.05, 3.63) is 16.0 Å². The lowest BCUT2D eigenvalue weighted by Gasteiger charge is -2.24. The molecule has 6 nitrogen and oxygen atoms in total. The third-order valence-corrected chi connectivity index (χ3v) is 9.33. The van der Waals surface area contributed by atoms with Crippen molar-refractivity contribution in [3.63, 3.8) is 0 Å². The molecule has 5 aliphatic rings. The monoisotopic (exact) mass is 442 g/mol. The molecule has 1 aromatic heterocycles. The Morgan fingerprint density at radius 2 is 1.52 bits per heavy atom. The van der Waals surface area contributed by atoms with E-state index in [-0.39, 0.29) is 47.8 Å². The number of imide groups is 1. The fraction of sp³-hybridized carbons (Fsp3) is 0.708. The number of aryl methyl sites for hydroxylation is 1. The van der Waals surface area contributed by atoms with Crippen LogP contribution in [-0.2, 0) is 27.2 Å². The number of hydrogen-bond acceptors (Lipinski definition) is 5. The molecule has 166 valence electrons. The van der Waals surface area contributed by atoms with Crippen LogP contribution in [0.3, 0.4) is 0 Å². The van der Waals surface area contributed by atoms with Crippen LogP contribution in [0.1, 0.15) is 85.0 Å². The van der Waals surface area contributed by atoms with E-state index >= 15 is 0 Å². The number of anilines is 1. The summed E-state index contributed by atoms with van der Waals surface area (Å²) in [4.78, 5) is 43.0. The molecular weight excluding hydrogens is 412 g/mol. The highest BCUT2D eigenvalue weighted by molar-refractivity contribution is 7.17. The van der Waals surface area contributed by atoms with E-state index in [1.54, 1.807) is 0 Å². The summed E-state index contributed by atoms with van der Waals surface area (Å²) in [5.74, 6) is -1.10. The number of amides is 3. The van der Waals surface area contributed by atoms with Gasteiger partial charge < -0.3 is 10.1 Å². The SMILES string of the molecule is O=C(NC1CCCCC1)c1c(N2C(=O)[C@@H]3[C@H](C2=O)[C@H]2CC[C@H]3O2)sc2c1CCCCC2. The summed E-state index contributed by atoms with van der Waals surface area (Å²) in [7, 11) is 0. The molecule has 2 bridgehead atoms. The number of carbonyl (C=O) groups is 3. The third-order valence-electron chi connectivity index (χ3n) is 8.06. The van der Waals surface area contributed by atoms with Gasteiger partial charge in [0.15, 0.2) is 0 Å². The normalized spacial score (nSPS) is 32.8. The average molecular weight is 443 g/mol. The van der Waals surface area contributed by atoms with E-state index in [4.69, 9.17) is 4.74 Å². The van der Waals surface area contributed by atoms with Gasteiger partial charge in [-0.2, -0.15) is 0 Å². The van der Waals surface area contributed by atoms with Crippen molar-refractivity contribution in [3.8, 4) is 0 Å². The lowest BCUT2D eigenvalue weighted by atomic mass is 9.81. The van der Waals surface area contributed by atoms with Crippen LogP contribution in [0.4, 0.5) is 5.00 Å². The van der Waals surface area contributed by atoms with Crippen molar-refractivity contribution in [2.24, 2.45) is 11.8 Å². The first kappa shape index (κ1) is 19.9. The van der Waals surface area contributed by atoms with E-state index in [1.165, 1.54) is 27.5 Å². The van der Waals surface area contributed by atoms with E-state index in [1.807, 2.05) is 0 Å². The second-order valence-electron chi connectivity index (χ2n) is 9.91. The molecule has 6 rings (SSSR count). The lowest BCUT2D eigenvalue weighted by molar-refractivity contribution is -0.124. The number of carbonyl (C=O) groups excluding carboxylic acids is 3. The van der Waals surface area contributed by atoms with E-state index in [9.17, 15) is 14.4 Å². The molecule has 1 saturated carbocycles. The highest BCUT2D eigenvalue weighted by atomic mass is 32.1. The Bertz CT molecular complexity index is 906. The first-order chi connectivity index (χ1) is 15.1. The number of ether oxygens (including phenoxy) is 1. The Balaban J connectivity index is 1.38. The van der Waals surface area contributed by atoms with Gasteiger partial charge in [0.25, 0.3) is 5.91 Å². The molecule has 0 radical (unpaired) electrons. The van der Waals surface area contributed by atoms with Gasteiger partial charge >= 0.3 is 0 Å². The molecule has 3 aliphatic heterocycles. The van der Waals surface area contributed by atoms with Gasteiger partial charge in [-0.3, -0.25) is 14.4 Å². The van der Waals surface area contributed by atoms with Crippen LogP contribution < -0.4 is 10.2 Å². The first-order valence-corrected chi connectivity index (χ1v) is 12.9. The predicted octanol–water partition coefficient (Wildman–Crippen LogP) is 3.75. The molecule has 0 aromatic carbocycles. The Morgan fingerprint density at radius 3 is 2.23 bits per heavy atom. The third kappa shape index (κ3) is 3.10. The van der Waals surface area contributed by atoms with Crippen LogP contribution in [0.5, 0.6) is 0 Å². The average Bonchev–Trinajstić information content (AvgIpc) is 3.48. The number of hydrogen-bond donors (Lipinski definition) is 1. The second kappa shape index (κ2) is 7.69. The van der Waals surface area contributed by atoms with Crippen molar-refractivity contribution >= 4 is 34.1 Å². The van der Waals surface area contributed by atoms with Gasteiger partial charge in [0, 0.05) is 10.9 Å². The molecular formula is C24H30N2O4S. The first-order valence-electron chi connectivity index (χ1n) is 12.1. The van der Waals surface area contributed by atoms with Gasteiger partial charge in [0.2, 0.25) is 11.8 Å². The van der Waals surface area contributed by atoms with Crippen molar-refractivity contribution in [1.29, 1.82) is 0 Å². The molecule has 3 saturated heterocycles. The quantitative estimate of drug-likeness (QED) is 0.571. The Labute approximate surface area is 186 Å². The molecule has 2 aliphatic carbocycles. The minimum absolute atomic E-state index is 0.0850. The molecule has 0 unspecified atom stereocenters. The summed E-state index contributed by atoms with van der Waals surface area (Å²) < 4.78 is 5.90. The summed E-state index contributed by atoms with van der Waals surface area (Å²) >= 11 is 1.51. The van der Waals surface area contributed by atoms with Crippen molar-refractivity contribution in [2.45, 2.75) is 95.3 Å². The smallest absolute Gasteiger partial charge is 0.254 e. The number of rotatable bonds is 3. The fourth-order valence-electron chi connectivity index (χ4n) is 6.54. The van der Waals surface area contributed by atoms with Crippen LogP contribution in [0.25, 0.3) is 0 Å². The van der Waals surface area contributed by atoms with Gasteiger partial charge in [-0.25, -0.2) is 4.90 Å². The minimum Gasteiger partial charge on any atom is -0.373 e. The zero-order valence-electron chi connectivity index (χ0n) is 17.9. The number of nitrogens with zero attached hydrogens (tertiary/aromatic N) is 1. The maximum atomic E-state index is 13.6. The molecule has 4 heterocycles. The van der Waals surface area contributed by atoms with Gasteiger partial charge in [0.05, 0.1) is 29.6 Å². The van der Waals surface area contributed by atoms with Gasteiger partial charge in [-0.1, -0.05) is 25.7 Å². The largest absolute Gasteiger partial charge is 0.373 e. The molecule has 0 spiro atoms. The van der Waals surface area contributed by atoms with Gasteiger partial charge in [-0.05, 0) is 56.9 Å². The Kier molecular flexibility index (Phi) is 4.94. The molecule has 4 atom stereocenters. The molecule has 31 heavy (non-hydrogen) atoms. The highest BCUT2D eigenvalue weighted by Crippen LogP contribution is 2.51. The number of thiophene rings is 1. The highest BCUT2D eigenvalue weighted by Gasteiger charge is 2.63. The van der Waals surface area contributed by atoms with Gasteiger partial charge in [0.1, 0.15) is 5.00 Å². The van der Waals surface area contributed by atoms with Crippen molar-refractivity contribution in [1.82, 2.24) is 5.32 Å². The molecule has 3 amide bonds. The van der Waals surface area contributed by atoms with E-state index in [0.29, 0.717) is 10.6 Å². The van der Waals surface area contributed by atoms with Crippen LogP contribution in [0.15, 0.2) is 0 Å². The summed E-state index contributed by atoms with van der Waals surface area (Å²) in [6.07, 6.45) is 12.1. The van der Waals surface area contributed by atoms with Crippen LogP contribution in [0.2, 0.25) is 0 Å². The van der Waals surface area contributed by atoms with Gasteiger partial charge in [-0.15, -0.1) is 11.3 Å². The van der Waals surface area contributed by atoms with Crippen LogP contribution in [-0.4, -0.2) is 36.0 Å². The number of nitrogens with one attached hydrogen (secondary N) is 1. The van der Waals surface area contributed by atoms with Crippen LogP contribution >= 0.6 is 11.3 Å². The summed E-state index contributed by atoms with van der Waals surface area (Å²) in [5, 5.41) is 3.85. The standard InChI is InChI=1S/C24H30N2O4S/c27-21(25-13-7-3-1-4-8-13)18-14-9-5-2-6-10-17(14)31-24(18)26-22(28)19-15-11-12-16(30-15)20(19)23(26)29/h13,15-16,19-20H,1-12H2,(H,25,27)/t15-,16-,19-,20+/m1/s1. The summed E-state index contributed by atoms with van der Waals surface area (Å²) in [6.45, 7) is 0. The zero-order valence-corrected chi connectivity index (χ0v) is 18.7. The van der Waals surface area contributed by atoms with Crippen molar-refractivity contribution < 1.29 is 19.1 Å². The lowest BCUT2D eigenvalue weighted by Crippen LogP contribution is -2.39. The Morgan fingerprint density at radius 1 is 0.871 bits per heavy atom. The molecule has 1 aromatic rings. The Hall–Kier alpha value is -1.73. The maximum Gasteiger partial charge on any atom is 0.254 e. The molecule has 4 fully saturated rings. The summed E-state index contributed by atoms with van der Waals surface area (Å²) in [5.41, 5.74) is 1.70.